The minimum atomic E-state index is -4.17. The summed E-state index contributed by atoms with van der Waals surface area (Å²) < 4.78 is 41.4. The van der Waals surface area contributed by atoms with Crippen LogP contribution in [0.4, 0.5) is 5.69 Å². The van der Waals surface area contributed by atoms with Crippen LogP contribution in [0.2, 0.25) is 5.02 Å². The number of sulfonamides is 1. The van der Waals surface area contributed by atoms with Gasteiger partial charge in [0.15, 0.2) is 0 Å². The van der Waals surface area contributed by atoms with Crippen LogP contribution in [0.1, 0.15) is 31.2 Å². The fourth-order valence-corrected chi connectivity index (χ4v) is 4.61. The predicted octanol–water partition coefficient (Wildman–Crippen LogP) is 3.30. The number of carbonyl (C=O) groups is 1. The maximum absolute atomic E-state index is 13.3. The number of hydrogen-bond acceptors (Lipinski definition) is 7. The van der Waals surface area contributed by atoms with Gasteiger partial charge >= 0.3 is 0 Å². The number of ether oxygens (including phenoxy) is 2. The Bertz CT molecular complexity index is 1350. The van der Waals surface area contributed by atoms with E-state index in [2.05, 4.69) is 30.5 Å². The summed E-state index contributed by atoms with van der Waals surface area (Å²) in [5.74, 6) is -0.275. The molecule has 1 aromatic heterocycles. The van der Waals surface area contributed by atoms with Crippen molar-refractivity contribution in [2.75, 3.05) is 19.5 Å². The highest BCUT2D eigenvalue weighted by Crippen LogP contribution is 2.34. The second-order valence-corrected chi connectivity index (χ2v) is 10.6. The van der Waals surface area contributed by atoms with E-state index in [0.717, 1.165) is 5.56 Å². The van der Waals surface area contributed by atoms with Gasteiger partial charge in [0.2, 0.25) is 11.9 Å². The van der Waals surface area contributed by atoms with E-state index in [1.54, 1.807) is 37.3 Å². The second-order valence-electron chi connectivity index (χ2n) is 8.21. The number of amides is 1. The first kappa shape index (κ1) is 28.7. The summed E-state index contributed by atoms with van der Waals surface area (Å²) in [5.41, 5.74) is 6.16. The van der Waals surface area contributed by atoms with Gasteiger partial charge in [0.1, 0.15) is 23.0 Å². The number of nitrogens with zero attached hydrogens (tertiary/aromatic N) is 3. The Morgan fingerprint density at radius 3 is 2.16 bits per heavy atom. The topological polar surface area (TPSA) is 144 Å². The minimum absolute atomic E-state index is 0.0627. The zero-order chi connectivity index (χ0) is 27.7. The molecule has 202 valence electrons. The van der Waals surface area contributed by atoms with E-state index < -0.39 is 27.1 Å². The number of nitrogens with one attached hydrogen (secondary N) is 3. The van der Waals surface area contributed by atoms with E-state index in [4.69, 9.17) is 21.1 Å². The summed E-state index contributed by atoms with van der Waals surface area (Å²) in [4.78, 5) is 20.8. The molecule has 11 nitrogen and oxygen atoms in total. The number of anilines is 1. The average molecular weight is 561 g/mol. The summed E-state index contributed by atoms with van der Waals surface area (Å²) in [6, 6.07) is 14.1. The highest BCUT2D eigenvalue weighted by molar-refractivity contribution is 7.90. The fraction of sp³-hybridized carbons (Fsp3) is 0.280. The zero-order valence-electron chi connectivity index (χ0n) is 21.3. The third kappa shape index (κ3) is 7.56. The first-order chi connectivity index (χ1) is 18.1. The zero-order valence-corrected chi connectivity index (χ0v) is 22.9. The number of carbonyl (C=O) groups excluding carboxylic acids is 1. The van der Waals surface area contributed by atoms with Gasteiger partial charge in [-0.25, -0.2) is 18.4 Å². The molecule has 1 heterocycles. The highest BCUT2D eigenvalue weighted by Gasteiger charge is 2.30. The Balaban J connectivity index is 1.90. The molecule has 2 aromatic carbocycles. The van der Waals surface area contributed by atoms with Crippen LogP contribution >= 0.6 is 11.6 Å². The van der Waals surface area contributed by atoms with Gasteiger partial charge < -0.3 is 14.8 Å². The molecule has 0 unspecified atom stereocenters. The van der Waals surface area contributed by atoms with Crippen molar-refractivity contribution in [2.45, 2.75) is 31.4 Å². The number of rotatable bonds is 9. The van der Waals surface area contributed by atoms with Crippen LogP contribution in [-0.4, -0.2) is 49.7 Å². The van der Waals surface area contributed by atoms with E-state index >= 15 is 0 Å². The van der Waals surface area contributed by atoms with Crippen molar-refractivity contribution >= 4 is 39.2 Å². The Morgan fingerprint density at radius 1 is 0.974 bits per heavy atom. The van der Waals surface area contributed by atoms with Crippen LogP contribution in [-0.2, 0) is 21.2 Å². The van der Waals surface area contributed by atoms with Crippen LogP contribution in [0, 0.1) is 0 Å². The van der Waals surface area contributed by atoms with E-state index in [9.17, 15) is 13.2 Å². The quantitative estimate of drug-likeness (QED) is 0.204. The number of halogens is 1. The SMILES string of the molecule is COc1cccc(OC)c1N/C(=N/S(=O)(=O)[C@@H](C)[C@H](C)c1ncc(Cl)cn1)NNC(=O)Cc1ccccc1. The van der Waals surface area contributed by atoms with Crippen molar-refractivity contribution < 1.29 is 22.7 Å². The molecule has 1 amide bonds. The lowest BCUT2D eigenvalue weighted by atomic mass is 10.1. The number of guanidine groups is 1. The van der Waals surface area contributed by atoms with Crippen molar-refractivity contribution in [3.8, 4) is 11.5 Å². The molecule has 3 aromatic rings. The third-order valence-electron chi connectivity index (χ3n) is 5.64. The number of aromatic nitrogens is 2. The Morgan fingerprint density at radius 2 is 1.58 bits per heavy atom. The number of methoxy groups -OCH3 is 2. The lowest BCUT2D eigenvalue weighted by Crippen LogP contribution is -2.46. The third-order valence-corrected chi connectivity index (χ3v) is 7.62. The summed E-state index contributed by atoms with van der Waals surface area (Å²) in [7, 11) is -1.25. The summed E-state index contributed by atoms with van der Waals surface area (Å²) >= 11 is 5.86. The first-order valence-electron chi connectivity index (χ1n) is 11.5. The van der Waals surface area contributed by atoms with Crippen molar-refractivity contribution in [1.29, 1.82) is 0 Å². The molecule has 0 aliphatic rings. The van der Waals surface area contributed by atoms with Crippen LogP contribution in [0.25, 0.3) is 0 Å². The lowest BCUT2D eigenvalue weighted by Gasteiger charge is -2.20. The average Bonchev–Trinajstić information content (AvgIpc) is 2.91. The molecular weight excluding hydrogens is 532 g/mol. The monoisotopic (exact) mass is 560 g/mol. The van der Waals surface area contributed by atoms with Crippen molar-refractivity contribution in [2.24, 2.45) is 4.40 Å². The molecule has 0 bridgehead atoms. The number of benzene rings is 2. The van der Waals surface area contributed by atoms with Gasteiger partial charge in [0.25, 0.3) is 10.0 Å². The summed E-state index contributed by atoms with van der Waals surface area (Å²) in [5, 5.41) is 2.19. The number of hydrazine groups is 1. The molecule has 0 aliphatic carbocycles. The Labute approximate surface area is 226 Å². The summed E-state index contributed by atoms with van der Waals surface area (Å²) in [6.07, 6.45) is 2.86. The molecule has 0 aliphatic heterocycles. The van der Waals surface area contributed by atoms with Crippen molar-refractivity contribution in [3.63, 3.8) is 0 Å². The maximum Gasteiger partial charge on any atom is 0.259 e. The molecule has 0 saturated heterocycles. The Kier molecular flexibility index (Phi) is 9.85. The van der Waals surface area contributed by atoms with E-state index in [0.29, 0.717) is 28.0 Å². The molecule has 3 N–H and O–H groups in total. The van der Waals surface area contributed by atoms with Gasteiger partial charge in [0, 0.05) is 18.3 Å². The van der Waals surface area contributed by atoms with Crippen molar-refractivity contribution in [1.82, 2.24) is 20.8 Å². The molecule has 13 heteroatoms. The standard InChI is InChI=1S/C25H29ClN6O5S/c1-16(24-27-14-19(26)15-28-24)17(2)38(34,35)32-25(29-23-20(36-3)11-8-12-21(23)37-4)31-30-22(33)13-18-9-6-5-7-10-18/h5-12,14-17H,13H2,1-4H3,(H,30,33)(H2,29,31,32)/t16-,17-/m0/s1. The largest absolute Gasteiger partial charge is 0.494 e. The molecule has 3 rings (SSSR count). The summed E-state index contributed by atoms with van der Waals surface area (Å²) in [6.45, 7) is 3.17. The molecule has 0 fully saturated rings. The predicted molar refractivity (Wildman–Crippen MR) is 146 cm³/mol. The first-order valence-corrected chi connectivity index (χ1v) is 13.4. The van der Waals surface area contributed by atoms with Gasteiger partial charge in [-0.05, 0) is 24.6 Å². The van der Waals surface area contributed by atoms with Crippen LogP contribution < -0.4 is 25.6 Å². The van der Waals surface area contributed by atoms with Gasteiger partial charge in [-0.2, -0.15) is 0 Å². The van der Waals surface area contributed by atoms with Gasteiger partial charge in [-0.15, -0.1) is 4.40 Å². The van der Waals surface area contributed by atoms with Crippen LogP contribution in [0.3, 0.4) is 0 Å². The van der Waals surface area contributed by atoms with Gasteiger partial charge in [0.05, 0.1) is 30.9 Å². The molecule has 2 atom stereocenters. The Hall–Kier alpha value is -3.90. The molecule has 0 spiro atoms. The molecule has 0 saturated carbocycles. The number of para-hydroxylation sites is 1. The fourth-order valence-electron chi connectivity index (χ4n) is 3.36. The molecular formula is C25H29ClN6O5S. The van der Waals surface area contributed by atoms with E-state index in [-0.39, 0.29) is 12.4 Å². The van der Waals surface area contributed by atoms with Crippen LogP contribution in [0.15, 0.2) is 65.3 Å². The smallest absolute Gasteiger partial charge is 0.259 e. The molecule has 0 radical (unpaired) electrons. The van der Waals surface area contributed by atoms with Gasteiger partial charge in [-0.1, -0.05) is 54.9 Å². The van der Waals surface area contributed by atoms with Crippen LogP contribution in [0.5, 0.6) is 11.5 Å². The normalized spacial score (nSPS) is 13.2. The molecule has 38 heavy (non-hydrogen) atoms. The van der Waals surface area contributed by atoms with E-state index in [1.165, 1.54) is 33.5 Å². The maximum atomic E-state index is 13.3. The highest BCUT2D eigenvalue weighted by atomic mass is 35.5. The number of hydrogen-bond donors (Lipinski definition) is 3. The van der Waals surface area contributed by atoms with Gasteiger partial charge in [-0.3, -0.25) is 15.6 Å². The lowest BCUT2D eigenvalue weighted by molar-refractivity contribution is -0.121. The minimum Gasteiger partial charge on any atom is -0.494 e. The second kappa shape index (κ2) is 13.1. The van der Waals surface area contributed by atoms with Crippen molar-refractivity contribution in [3.05, 3.63) is 77.3 Å². The van der Waals surface area contributed by atoms with E-state index in [1.807, 2.05) is 18.2 Å².